The van der Waals surface area contributed by atoms with Crippen LogP contribution in [0.2, 0.25) is 0 Å². The largest absolute Gasteiger partial charge is 0.463 e. The van der Waals surface area contributed by atoms with Gasteiger partial charge in [0.25, 0.3) is 0 Å². The van der Waals surface area contributed by atoms with Crippen molar-refractivity contribution in [3.05, 3.63) is 12.2 Å². The average molecular weight is 254 g/mol. The zero-order valence-corrected chi connectivity index (χ0v) is 11.5. The van der Waals surface area contributed by atoms with Gasteiger partial charge in [-0.3, -0.25) is 9.59 Å². The van der Waals surface area contributed by atoms with Crippen molar-refractivity contribution in [2.45, 2.75) is 52.7 Å². The third kappa shape index (κ3) is 4.17. The van der Waals surface area contributed by atoms with E-state index < -0.39 is 11.8 Å². The van der Waals surface area contributed by atoms with Gasteiger partial charge in [-0.25, -0.2) is 0 Å². The molecule has 18 heavy (non-hydrogen) atoms. The molecule has 0 heterocycles. The third-order valence-electron chi connectivity index (χ3n) is 2.70. The molecule has 0 aromatic carbocycles. The molecule has 4 nitrogen and oxygen atoms in total. The molecule has 0 aromatic heterocycles. The van der Waals surface area contributed by atoms with Gasteiger partial charge in [-0.05, 0) is 40.5 Å². The minimum atomic E-state index is -0.507. The van der Waals surface area contributed by atoms with Crippen molar-refractivity contribution in [3.63, 3.8) is 0 Å². The molecule has 0 radical (unpaired) electrons. The van der Waals surface area contributed by atoms with E-state index in [9.17, 15) is 9.59 Å². The van der Waals surface area contributed by atoms with Crippen LogP contribution in [0.15, 0.2) is 12.2 Å². The highest BCUT2D eigenvalue weighted by Gasteiger charge is 2.36. The van der Waals surface area contributed by atoms with E-state index in [0.717, 1.165) is 6.42 Å². The van der Waals surface area contributed by atoms with E-state index in [0.29, 0.717) is 6.42 Å². The Morgan fingerprint density at radius 3 is 2.17 bits per heavy atom. The quantitative estimate of drug-likeness (QED) is 0.571. The second-order valence-electron chi connectivity index (χ2n) is 5.11. The van der Waals surface area contributed by atoms with Gasteiger partial charge in [0.05, 0.1) is 24.0 Å². The number of carbonyl (C=O) groups is 2. The first kappa shape index (κ1) is 14.7. The summed E-state index contributed by atoms with van der Waals surface area (Å²) in [4.78, 5) is 23.9. The Bertz CT molecular complexity index is 331. The molecule has 2 unspecified atom stereocenters. The number of hydrogen-bond donors (Lipinski definition) is 0. The minimum absolute atomic E-state index is 0.162. The number of carbonyl (C=O) groups excluding carboxylic acids is 2. The molecule has 0 saturated heterocycles. The lowest BCUT2D eigenvalue weighted by molar-refractivity contribution is -0.163. The lowest BCUT2D eigenvalue weighted by Crippen LogP contribution is -2.34. The molecule has 0 bridgehead atoms. The maximum absolute atomic E-state index is 11.9. The Morgan fingerprint density at radius 2 is 1.61 bits per heavy atom. The molecule has 1 aliphatic rings. The van der Waals surface area contributed by atoms with E-state index in [4.69, 9.17) is 9.47 Å². The highest BCUT2D eigenvalue weighted by molar-refractivity contribution is 5.84. The Labute approximate surface area is 108 Å². The second-order valence-corrected chi connectivity index (χ2v) is 5.11. The maximum atomic E-state index is 11.9. The maximum Gasteiger partial charge on any atom is 0.313 e. The van der Waals surface area contributed by atoms with E-state index >= 15 is 0 Å². The molecule has 0 N–H and O–H groups in total. The highest BCUT2D eigenvalue weighted by atomic mass is 16.5. The summed E-state index contributed by atoms with van der Waals surface area (Å²) >= 11 is 0. The predicted octanol–water partition coefficient (Wildman–Crippen LogP) is 2.47. The summed E-state index contributed by atoms with van der Waals surface area (Å²) < 4.78 is 10.4. The van der Waals surface area contributed by atoms with Crippen molar-refractivity contribution in [1.29, 1.82) is 0 Å². The molecule has 102 valence electrons. The zero-order valence-electron chi connectivity index (χ0n) is 11.5. The number of ether oxygens (including phenoxy) is 2. The fraction of sp³-hybridized carbons (Fsp3) is 0.714. The van der Waals surface area contributed by atoms with Crippen LogP contribution in [0.4, 0.5) is 0 Å². The summed E-state index contributed by atoms with van der Waals surface area (Å²) in [6, 6.07) is 0. The van der Waals surface area contributed by atoms with Crippen LogP contribution in [-0.2, 0) is 19.1 Å². The van der Waals surface area contributed by atoms with Gasteiger partial charge in [0.15, 0.2) is 0 Å². The van der Waals surface area contributed by atoms with Gasteiger partial charge < -0.3 is 9.47 Å². The zero-order chi connectivity index (χ0) is 13.7. The fourth-order valence-electron chi connectivity index (χ4n) is 1.97. The minimum Gasteiger partial charge on any atom is -0.463 e. The monoisotopic (exact) mass is 254 g/mol. The lowest BCUT2D eigenvalue weighted by atomic mass is 9.84. The predicted molar refractivity (Wildman–Crippen MR) is 67.8 cm³/mol. The van der Waals surface area contributed by atoms with Crippen molar-refractivity contribution >= 4 is 11.9 Å². The van der Waals surface area contributed by atoms with Crippen molar-refractivity contribution in [2.75, 3.05) is 0 Å². The van der Waals surface area contributed by atoms with Gasteiger partial charge in [-0.15, -0.1) is 0 Å². The summed E-state index contributed by atoms with van der Waals surface area (Å²) in [5.41, 5.74) is 0. The van der Waals surface area contributed by atoms with Crippen molar-refractivity contribution < 1.29 is 19.1 Å². The summed E-state index contributed by atoms with van der Waals surface area (Å²) in [5, 5.41) is 0. The first-order chi connectivity index (χ1) is 8.41. The Kier molecular flexibility index (Phi) is 5.38. The van der Waals surface area contributed by atoms with E-state index in [1.165, 1.54) is 0 Å². The SMILES string of the molecule is CC(C)OC(=O)C1C=CCCC1C(=O)OC(C)C. The molecule has 0 fully saturated rings. The van der Waals surface area contributed by atoms with Crippen LogP contribution in [0.5, 0.6) is 0 Å². The lowest BCUT2D eigenvalue weighted by Gasteiger charge is -2.26. The van der Waals surface area contributed by atoms with Crippen molar-refractivity contribution in [1.82, 2.24) is 0 Å². The van der Waals surface area contributed by atoms with Crippen molar-refractivity contribution in [2.24, 2.45) is 11.8 Å². The first-order valence-corrected chi connectivity index (χ1v) is 6.49. The van der Waals surface area contributed by atoms with Crippen molar-refractivity contribution in [3.8, 4) is 0 Å². The molecule has 0 spiro atoms. The Hall–Kier alpha value is -1.32. The molecule has 0 amide bonds. The molecule has 1 aliphatic carbocycles. The van der Waals surface area contributed by atoms with E-state index in [-0.39, 0.29) is 24.1 Å². The van der Waals surface area contributed by atoms with Gasteiger partial charge in [0.1, 0.15) is 0 Å². The molecule has 2 atom stereocenters. The first-order valence-electron chi connectivity index (χ1n) is 6.49. The van der Waals surface area contributed by atoms with Gasteiger partial charge in [0, 0.05) is 0 Å². The Morgan fingerprint density at radius 1 is 1.06 bits per heavy atom. The van der Waals surface area contributed by atoms with Crippen LogP contribution in [0, 0.1) is 11.8 Å². The average Bonchev–Trinajstić information content (AvgIpc) is 2.27. The van der Waals surface area contributed by atoms with Crippen LogP contribution >= 0.6 is 0 Å². The van der Waals surface area contributed by atoms with E-state index in [1.54, 1.807) is 33.8 Å². The molecule has 0 saturated carbocycles. The van der Waals surface area contributed by atoms with Crippen LogP contribution in [0.3, 0.4) is 0 Å². The molecule has 1 rings (SSSR count). The molecule has 0 aliphatic heterocycles. The normalized spacial score (nSPS) is 23.2. The summed E-state index contributed by atoms with van der Waals surface area (Å²) in [6.07, 6.45) is 4.79. The smallest absolute Gasteiger partial charge is 0.313 e. The van der Waals surface area contributed by atoms with E-state index in [1.807, 2.05) is 6.08 Å². The molecular weight excluding hydrogens is 232 g/mol. The number of esters is 2. The van der Waals surface area contributed by atoms with Gasteiger partial charge in [-0.2, -0.15) is 0 Å². The van der Waals surface area contributed by atoms with E-state index in [2.05, 4.69) is 0 Å². The molecule has 4 heteroatoms. The number of rotatable bonds is 4. The highest BCUT2D eigenvalue weighted by Crippen LogP contribution is 2.28. The van der Waals surface area contributed by atoms with Gasteiger partial charge in [-0.1, -0.05) is 12.2 Å². The Balaban J connectivity index is 2.73. The summed E-state index contributed by atoms with van der Waals surface area (Å²) in [5.74, 6) is -1.57. The number of allylic oxidation sites excluding steroid dienone is 1. The van der Waals surface area contributed by atoms with Crippen LogP contribution in [0.25, 0.3) is 0 Å². The van der Waals surface area contributed by atoms with Gasteiger partial charge in [0.2, 0.25) is 0 Å². The topological polar surface area (TPSA) is 52.6 Å². The second kappa shape index (κ2) is 6.57. The summed E-state index contributed by atoms with van der Waals surface area (Å²) in [7, 11) is 0. The molecule has 0 aromatic rings. The van der Waals surface area contributed by atoms with Crippen LogP contribution in [-0.4, -0.2) is 24.1 Å². The van der Waals surface area contributed by atoms with Crippen LogP contribution in [0.1, 0.15) is 40.5 Å². The third-order valence-corrected chi connectivity index (χ3v) is 2.70. The number of hydrogen-bond acceptors (Lipinski definition) is 4. The van der Waals surface area contributed by atoms with Crippen LogP contribution < -0.4 is 0 Å². The standard InChI is InChI=1S/C14H22O4/c1-9(2)17-13(15)11-7-5-6-8-12(11)14(16)18-10(3)4/h5,7,9-12H,6,8H2,1-4H3. The molecular formula is C14H22O4. The summed E-state index contributed by atoms with van der Waals surface area (Å²) in [6.45, 7) is 7.20. The van der Waals surface area contributed by atoms with Gasteiger partial charge >= 0.3 is 11.9 Å². The fourth-order valence-corrected chi connectivity index (χ4v) is 1.97.